The van der Waals surface area contributed by atoms with Gasteiger partial charge in [0, 0.05) is 16.6 Å². The van der Waals surface area contributed by atoms with E-state index in [-0.39, 0.29) is 5.82 Å². The van der Waals surface area contributed by atoms with E-state index < -0.39 is 0 Å². The third-order valence-corrected chi connectivity index (χ3v) is 4.52. The Morgan fingerprint density at radius 1 is 1.33 bits per heavy atom. The molecule has 0 saturated heterocycles. The predicted octanol–water partition coefficient (Wildman–Crippen LogP) is 4.50. The highest BCUT2D eigenvalue weighted by Crippen LogP contribution is 2.28. The van der Waals surface area contributed by atoms with Gasteiger partial charge in [0.15, 0.2) is 0 Å². The van der Waals surface area contributed by atoms with Crippen molar-refractivity contribution in [1.82, 2.24) is 5.32 Å². The lowest BCUT2D eigenvalue weighted by Crippen LogP contribution is -2.29. The first-order valence-electron chi connectivity index (χ1n) is 6.81. The molecule has 2 unspecified atom stereocenters. The summed E-state index contributed by atoms with van der Waals surface area (Å²) in [6.07, 6.45) is 5.39. The van der Waals surface area contributed by atoms with Gasteiger partial charge in [-0.2, -0.15) is 0 Å². The van der Waals surface area contributed by atoms with Crippen LogP contribution in [0.15, 0.2) is 22.7 Å². The van der Waals surface area contributed by atoms with Gasteiger partial charge in [-0.3, -0.25) is 0 Å². The van der Waals surface area contributed by atoms with Crippen LogP contribution in [-0.2, 0) is 6.54 Å². The maximum Gasteiger partial charge on any atom is 0.128 e. The van der Waals surface area contributed by atoms with Crippen LogP contribution in [0, 0.1) is 17.7 Å². The van der Waals surface area contributed by atoms with E-state index in [1.807, 2.05) is 12.1 Å². The second-order valence-corrected chi connectivity index (χ2v) is 6.30. The zero-order chi connectivity index (χ0) is 13.0. The van der Waals surface area contributed by atoms with Gasteiger partial charge in [-0.25, -0.2) is 4.39 Å². The molecule has 0 radical (unpaired) electrons. The highest BCUT2D eigenvalue weighted by Gasteiger charge is 2.20. The molecule has 0 amide bonds. The van der Waals surface area contributed by atoms with Gasteiger partial charge in [-0.1, -0.05) is 48.2 Å². The molecule has 1 nitrogen and oxygen atoms in total. The number of hydrogen-bond donors (Lipinski definition) is 1. The van der Waals surface area contributed by atoms with E-state index in [2.05, 4.69) is 28.2 Å². The van der Waals surface area contributed by atoms with Gasteiger partial charge >= 0.3 is 0 Å². The van der Waals surface area contributed by atoms with Crippen LogP contribution < -0.4 is 5.32 Å². The predicted molar refractivity (Wildman–Crippen MR) is 76.9 cm³/mol. The maximum absolute atomic E-state index is 13.6. The largest absolute Gasteiger partial charge is 0.312 e. The molecule has 0 aromatic heterocycles. The minimum absolute atomic E-state index is 0.131. The van der Waals surface area contributed by atoms with Crippen molar-refractivity contribution >= 4 is 15.9 Å². The van der Waals surface area contributed by atoms with Gasteiger partial charge in [0.25, 0.3) is 0 Å². The van der Waals surface area contributed by atoms with Crippen LogP contribution in [-0.4, -0.2) is 6.54 Å². The molecular weight excluding hydrogens is 293 g/mol. The van der Waals surface area contributed by atoms with Gasteiger partial charge in [-0.15, -0.1) is 0 Å². The first kappa shape index (κ1) is 14.0. The number of halogens is 2. The summed E-state index contributed by atoms with van der Waals surface area (Å²) in [7, 11) is 0. The molecule has 1 saturated carbocycles. The molecule has 0 spiro atoms. The van der Waals surface area contributed by atoms with E-state index in [4.69, 9.17) is 0 Å². The summed E-state index contributed by atoms with van der Waals surface area (Å²) in [5.74, 6) is 1.44. The average Bonchev–Trinajstić information content (AvgIpc) is 2.34. The van der Waals surface area contributed by atoms with Crippen molar-refractivity contribution < 1.29 is 4.39 Å². The zero-order valence-corrected chi connectivity index (χ0v) is 12.5. The molecular formula is C15H21BrFN. The quantitative estimate of drug-likeness (QED) is 0.862. The molecule has 18 heavy (non-hydrogen) atoms. The van der Waals surface area contributed by atoms with Crippen molar-refractivity contribution in [3.05, 3.63) is 34.1 Å². The SMILES string of the molecule is CC1CCCCC1CNCc1ccc(Br)cc1F. The maximum atomic E-state index is 13.6. The number of nitrogens with one attached hydrogen (secondary N) is 1. The van der Waals surface area contributed by atoms with Gasteiger partial charge in [0.2, 0.25) is 0 Å². The molecule has 1 aliphatic carbocycles. The van der Waals surface area contributed by atoms with Crippen LogP contribution in [0.2, 0.25) is 0 Å². The van der Waals surface area contributed by atoms with Gasteiger partial charge in [0.05, 0.1) is 0 Å². The lowest BCUT2D eigenvalue weighted by atomic mass is 9.80. The molecule has 1 aliphatic rings. The molecule has 1 aromatic carbocycles. The summed E-state index contributed by atoms with van der Waals surface area (Å²) < 4.78 is 14.4. The van der Waals surface area contributed by atoms with Crippen molar-refractivity contribution in [2.75, 3.05) is 6.54 Å². The summed E-state index contributed by atoms with van der Waals surface area (Å²) in [6.45, 7) is 3.98. The molecule has 1 fully saturated rings. The van der Waals surface area contributed by atoms with Crippen LogP contribution in [0.4, 0.5) is 4.39 Å². The standard InChI is InChI=1S/C15H21BrFN/c1-11-4-2-3-5-12(11)9-18-10-13-6-7-14(16)8-15(13)17/h6-8,11-12,18H,2-5,9-10H2,1H3. The van der Waals surface area contributed by atoms with E-state index in [0.717, 1.165) is 28.4 Å². The molecule has 100 valence electrons. The van der Waals surface area contributed by atoms with Gasteiger partial charge in [0.1, 0.15) is 5.82 Å². The number of benzene rings is 1. The Bertz CT molecular complexity index is 394. The fourth-order valence-corrected chi connectivity index (χ4v) is 3.09. The Labute approximate surface area is 117 Å². The smallest absolute Gasteiger partial charge is 0.128 e. The molecule has 1 N–H and O–H groups in total. The molecule has 3 heteroatoms. The number of hydrogen-bond acceptors (Lipinski definition) is 1. The normalized spacial score (nSPS) is 24.2. The molecule has 0 aliphatic heterocycles. The Hall–Kier alpha value is -0.410. The van der Waals surface area contributed by atoms with Crippen molar-refractivity contribution in [3.8, 4) is 0 Å². The van der Waals surface area contributed by atoms with Crippen LogP contribution in [0.3, 0.4) is 0 Å². The third kappa shape index (κ3) is 3.79. The van der Waals surface area contributed by atoms with E-state index in [0.29, 0.717) is 6.54 Å². The Kier molecular flexibility index (Phi) is 5.19. The summed E-state index contributed by atoms with van der Waals surface area (Å²) in [6, 6.07) is 5.26. The first-order chi connectivity index (χ1) is 8.66. The Balaban J connectivity index is 1.81. The minimum Gasteiger partial charge on any atom is -0.312 e. The average molecular weight is 314 g/mol. The molecule has 0 bridgehead atoms. The summed E-state index contributed by atoms with van der Waals surface area (Å²) in [5.41, 5.74) is 0.752. The minimum atomic E-state index is -0.131. The lowest BCUT2D eigenvalue weighted by Gasteiger charge is -2.28. The topological polar surface area (TPSA) is 12.0 Å². The summed E-state index contributed by atoms with van der Waals surface area (Å²) >= 11 is 3.27. The first-order valence-corrected chi connectivity index (χ1v) is 7.61. The van der Waals surface area contributed by atoms with Crippen LogP contribution in [0.5, 0.6) is 0 Å². The second kappa shape index (κ2) is 6.67. The molecule has 0 heterocycles. The lowest BCUT2D eigenvalue weighted by molar-refractivity contribution is 0.247. The van der Waals surface area contributed by atoms with Crippen molar-refractivity contribution in [2.45, 2.75) is 39.2 Å². The monoisotopic (exact) mass is 313 g/mol. The van der Waals surface area contributed by atoms with Crippen LogP contribution >= 0.6 is 15.9 Å². The van der Waals surface area contributed by atoms with Crippen molar-refractivity contribution in [1.29, 1.82) is 0 Å². The van der Waals surface area contributed by atoms with Gasteiger partial charge < -0.3 is 5.32 Å². The Morgan fingerprint density at radius 3 is 2.83 bits per heavy atom. The van der Waals surface area contributed by atoms with E-state index >= 15 is 0 Å². The molecule has 2 rings (SSSR count). The highest BCUT2D eigenvalue weighted by atomic mass is 79.9. The third-order valence-electron chi connectivity index (χ3n) is 4.03. The van der Waals surface area contributed by atoms with Crippen LogP contribution in [0.25, 0.3) is 0 Å². The van der Waals surface area contributed by atoms with Crippen molar-refractivity contribution in [3.63, 3.8) is 0 Å². The van der Waals surface area contributed by atoms with Crippen LogP contribution in [0.1, 0.15) is 38.2 Å². The molecule has 1 aromatic rings. The zero-order valence-electron chi connectivity index (χ0n) is 10.9. The summed E-state index contributed by atoms with van der Waals surface area (Å²) in [5, 5.41) is 3.41. The fourth-order valence-electron chi connectivity index (χ4n) is 2.75. The number of rotatable bonds is 4. The van der Waals surface area contributed by atoms with Crippen molar-refractivity contribution in [2.24, 2.45) is 11.8 Å². The second-order valence-electron chi connectivity index (χ2n) is 5.39. The van der Waals surface area contributed by atoms with E-state index in [1.165, 1.54) is 31.7 Å². The molecule has 2 atom stereocenters. The summed E-state index contributed by atoms with van der Waals surface area (Å²) in [4.78, 5) is 0. The van der Waals surface area contributed by atoms with Gasteiger partial charge in [-0.05, 0) is 36.9 Å². The highest BCUT2D eigenvalue weighted by molar-refractivity contribution is 9.10. The van der Waals surface area contributed by atoms with E-state index in [1.54, 1.807) is 0 Å². The Morgan fingerprint density at radius 2 is 2.11 bits per heavy atom. The van der Waals surface area contributed by atoms with E-state index in [9.17, 15) is 4.39 Å². The fraction of sp³-hybridized carbons (Fsp3) is 0.600.